The maximum Gasteiger partial charge on any atom is 0.451 e. The third-order valence-corrected chi connectivity index (χ3v) is 3.42. The molecule has 0 saturated heterocycles. The predicted octanol–water partition coefficient (Wildman–Crippen LogP) is 2.70. The van der Waals surface area contributed by atoms with Crippen LogP contribution in [-0.2, 0) is 15.7 Å². The van der Waals surface area contributed by atoms with E-state index in [1.807, 2.05) is 0 Å². The Labute approximate surface area is 142 Å². The highest BCUT2D eigenvalue weighted by molar-refractivity contribution is 5.91. The van der Waals surface area contributed by atoms with Crippen LogP contribution in [0.1, 0.15) is 5.82 Å². The second kappa shape index (κ2) is 7.70. The normalized spacial score (nSPS) is 11.8. The standard InChI is InChI=1S/C15H18F3N3O4/c1-22-10-5-8-9(6-11(10)23-2)20-14(15(16,17)18)21-13(8)19-7-12(24-3)25-4/h5-6,12H,7H2,1-4H3,(H,19,20,21). The van der Waals surface area contributed by atoms with Gasteiger partial charge in [-0.1, -0.05) is 0 Å². The Bertz CT molecular complexity index is 736. The predicted molar refractivity (Wildman–Crippen MR) is 83.9 cm³/mol. The average molecular weight is 361 g/mol. The summed E-state index contributed by atoms with van der Waals surface area (Å²) in [6, 6.07) is 2.87. The first-order chi connectivity index (χ1) is 11.8. The summed E-state index contributed by atoms with van der Waals surface area (Å²) in [6.07, 6.45) is -5.35. The van der Waals surface area contributed by atoms with Crippen molar-refractivity contribution in [3.05, 3.63) is 18.0 Å². The van der Waals surface area contributed by atoms with Crippen molar-refractivity contribution in [2.24, 2.45) is 0 Å². The Kier molecular flexibility index (Phi) is 5.85. The molecule has 0 radical (unpaired) electrons. The van der Waals surface area contributed by atoms with Crippen molar-refractivity contribution in [3.8, 4) is 11.5 Å². The molecule has 0 unspecified atom stereocenters. The SMILES string of the molecule is COc1cc2nc(C(F)(F)F)nc(NCC(OC)OC)c2cc1OC. The van der Waals surface area contributed by atoms with Crippen LogP contribution in [0.5, 0.6) is 11.5 Å². The van der Waals surface area contributed by atoms with Crippen LogP contribution in [0.2, 0.25) is 0 Å². The Morgan fingerprint density at radius 2 is 1.60 bits per heavy atom. The molecule has 1 heterocycles. The summed E-state index contributed by atoms with van der Waals surface area (Å²) in [5.41, 5.74) is 0.0638. The maximum atomic E-state index is 13.1. The van der Waals surface area contributed by atoms with E-state index in [4.69, 9.17) is 18.9 Å². The Hall–Kier alpha value is -2.33. The molecule has 2 rings (SSSR count). The molecule has 0 atom stereocenters. The van der Waals surface area contributed by atoms with Crippen molar-refractivity contribution in [1.29, 1.82) is 0 Å². The first-order valence-corrected chi connectivity index (χ1v) is 7.14. The lowest BCUT2D eigenvalue weighted by atomic mass is 10.2. The van der Waals surface area contributed by atoms with Crippen LogP contribution in [0.4, 0.5) is 19.0 Å². The zero-order valence-electron chi connectivity index (χ0n) is 14.1. The lowest BCUT2D eigenvalue weighted by molar-refractivity contribution is -0.144. The van der Waals surface area contributed by atoms with Gasteiger partial charge in [-0.15, -0.1) is 0 Å². The van der Waals surface area contributed by atoms with Gasteiger partial charge in [-0.2, -0.15) is 13.2 Å². The minimum atomic E-state index is -4.69. The van der Waals surface area contributed by atoms with Crippen LogP contribution in [0, 0.1) is 0 Å². The lowest BCUT2D eigenvalue weighted by Crippen LogP contribution is -2.24. The smallest absolute Gasteiger partial charge is 0.451 e. The largest absolute Gasteiger partial charge is 0.493 e. The fourth-order valence-electron chi connectivity index (χ4n) is 2.16. The second-order valence-electron chi connectivity index (χ2n) is 4.90. The summed E-state index contributed by atoms with van der Waals surface area (Å²) in [7, 11) is 5.65. The number of benzene rings is 1. The number of nitrogens with one attached hydrogen (secondary N) is 1. The number of aromatic nitrogens is 2. The van der Waals surface area contributed by atoms with E-state index in [0.717, 1.165) is 0 Å². The molecule has 0 aliphatic carbocycles. The van der Waals surface area contributed by atoms with Gasteiger partial charge in [-0.05, 0) is 6.07 Å². The van der Waals surface area contributed by atoms with Gasteiger partial charge in [0.15, 0.2) is 17.8 Å². The van der Waals surface area contributed by atoms with Gasteiger partial charge in [-0.25, -0.2) is 9.97 Å². The molecule has 0 fully saturated rings. The monoisotopic (exact) mass is 361 g/mol. The molecule has 0 saturated carbocycles. The molecular formula is C15H18F3N3O4. The number of halogens is 3. The fraction of sp³-hybridized carbons (Fsp3) is 0.467. The van der Waals surface area contributed by atoms with E-state index >= 15 is 0 Å². The zero-order valence-corrected chi connectivity index (χ0v) is 14.1. The number of ether oxygens (including phenoxy) is 4. The van der Waals surface area contributed by atoms with E-state index in [-0.39, 0.29) is 23.6 Å². The summed E-state index contributed by atoms with van der Waals surface area (Å²) in [5.74, 6) is -0.672. The van der Waals surface area contributed by atoms with Crippen molar-refractivity contribution >= 4 is 16.7 Å². The summed E-state index contributed by atoms with van der Waals surface area (Å²) < 4.78 is 59.6. The summed E-state index contributed by atoms with van der Waals surface area (Å²) >= 11 is 0. The first kappa shape index (κ1) is 19.0. The van der Waals surface area contributed by atoms with Crippen LogP contribution in [0.3, 0.4) is 0 Å². The fourth-order valence-corrected chi connectivity index (χ4v) is 2.16. The highest BCUT2D eigenvalue weighted by atomic mass is 19.4. The average Bonchev–Trinajstić information content (AvgIpc) is 2.60. The number of methoxy groups -OCH3 is 4. The van der Waals surface area contributed by atoms with Gasteiger partial charge >= 0.3 is 6.18 Å². The summed E-state index contributed by atoms with van der Waals surface area (Å²) in [6.45, 7) is 0.0881. The maximum absolute atomic E-state index is 13.1. The summed E-state index contributed by atoms with van der Waals surface area (Å²) in [5, 5.41) is 3.14. The second-order valence-corrected chi connectivity index (χ2v) is 4.90. The van der Waals surface area contributed by atoms with Gasteiger partial charge in [0.25, 0.3) is 0 Å². The molecule has 25 heavy (non-hydrogen) atoms. The molecule has 0 spiro atoms. The Morgan fingerprint density at radius 1 is 1.00 bits per heavy atom. The molecule has 138 valence electrons. The van der Waals surface area contributed by atoms with Gasteiger partial charge in [0.1, 0.15) is 5.82 Å². The third-order valence-electron chi connectivity index (χ3n) is 3.42. The number of hydrogen-bond donors (Lipinski definition) is 1. The number of alkyl halides is 3. The molecule has 1 aromatic carbocycles. The number of rotatable bonds is 7. The molecule has 0 aliphatic rings. The highest BCUT2D eigenvalue weighted by Gasteiger charge is 2.35. The van der Waals surface area contributed by atoms with Gasteiger partial charge in [0.05, 0.1) is 26.3 Å². The van der Waals surface area contributed by atoms with Crippen molar-refractivity contribution in [2.75, 3.05) is 40.3 Å². The van der Waals surface area contributed by atoms with E-state index in [1.165, 1.54) is 40.6 Å². The van der Waals surface area contributed by atoms with Crippen molar-refractivity contribution in [3.63, 3.8) is 0 Å². The molecule has 2 aromatic rings. The number of anilines is 1. The molecule has 1 N–H and O–H groups in total. The van der Waals surface area contributed by atoms with Crippen molar-refractivity contribution in [1.82, 2.24) is 9.97 Å². The van der Waals surface area contributed by atoms with Crippen LogP contribution in [0.15, 0.2) is 12.1 Å². The topological polar surface area (TPSA) is 74.7 Å². The van der Waals surface area contributed by atoms with E-state index in [9.17, 15) is 13.2 Å². The number of hydrogen-bond acceptors (Lipinski definition) is 7. The molecule has 0 aliphatic heterocycles. The van der Waals surface area contributed by atoms with Gasteiger partial charge < -0.3 is 24.3 Å². The van der Waals surface area contributed by atoms with E-state index in [1.54, 1.807) is 0 Å². The first-order valence-electron chi connectivity index (χ1n) is 7.14. The minimum absolute atomic E-state index is 0.0163. The lowest BCUT2D eigenvalue weighted by Gasteiger charge is -2.17. The van der Waals surface area contributed by atoms with E-state index in [0.29, 0.717) is 11.1 Å². The van der Waals surface area contributed by atoms with E-state index in [2.05, 4.69) is 15.3 Å². The Morgan fingerprint density at radius 3 is 2.12 bits per heavy atom. The van der Waals surface area contributed by atoms with Crippen LogP contribution in [0.25, 0.3) is 10.9 Å². The molecule has 0 bridgehead atoms. The number of fused-ring (bicyclic) bond motifs is 1. The molecule has 0 amide bonds. The van der Waals surface area contributed by atoms with Gasteiger partial charge in [0.2, 0.25) is 5.82 Å². The molecule has 10 heteroatoms. The quantitative estimate of drug-likeness (QED) is 0.760. The summed E-state index contributed by atoms with van der Waals surface area (Å²) in [4.78, 5) is 7.17. The van der Waals surface area contributed by atoms with E-state index < -0.39 is 18.3 Å². The Balaban J connectivity index is 2.58. The van der Waals surface area contributed by atoms with Crippen LogP contribution < -0.4 is 14.8 Å². The molecular weight excluding hydrogens is 343 g/mol. The molecule has 7 nitrogen and oxygen atoms in total. The van der Waals surface area contributed by atoms with Crippen molar-refractivity contribution < 1.29 is 32.1 Å². The van der Waals surface area contributed by atoms with Crippen molar-refractivity contribution in [2.45, 2.75) is 12.5 Å². The highest BCUT2D eigenvalue weighted by Crippen LogP contribution is 2.36. The zero-order chi connectivity index (χ0) is 18.6. The minimum Gasteiger partial charge on any atom is -0.493 e. The van der Waals surface area contributed by atoms with Gasteiger partial charge in [0, 0.05) is 25.7 Å². The van der Waals surface area contributed by atoms with Gasteiger partial charge in [-0.3, -0.25) is 0 Å². The van der Waals surface area contributed by atoms with Crippen LogP contribution in [-0.4, -0.2) is 51.2 Å². The molecule has 1 aromatic heterocycles. The number of nitrogens with zero attached hydrogens (tertiary/aromatic N) is 2. The third kappa shape index (κ3) is 4.20. The van der Waals surface area contributed by atoms with Crippen LogP contribution >= 0.6 is 0 Å².